The van der Waals surface area contributed by atoms with Crippen molar-refractivity contribution < 1.29 is 45.2 Å². The van der Waals surface area contributed by atoms with Crippen LogP contribution >= 0.6 is 0 Å². The van der Waals surface area contributed by atoms with Crippen molar-refractivity contribution in [2.75, 3.05) is 13.1 Å². The molecule has 1 amide bonds. The highest BCUT2D eigenvalue weighted by molar-refractivity contribution is 5.80. The predicted octanol–water partition coefficient (Wildman–Crippen LogP) is -0.519. The van der Waals surface area contributed by atoms with Crippen LogP contribution in [0.4, 0.5) is 0 Å². The molecule has 138 valence electrons. The van der Waals surface area contributed by atoms with E-state index >= 15 is 0 Å². The molecule has 1 saturated heterocycles. The van der Waals surface area contributed by atoms with Crippen LogP contribution in [0, 0.1) is 11.8 Å². The summed E-state index contributed by atoms with van der Waals surface area (Å²) in [6, 6.07) is 0. The molecule has 1 heterocycles. The van der Waals surface area contributed by atoms with Gasteiger partial charge < -0.3 is 10.0 Å². The number of carbonyl (C=O) groups excluding carboxylic acids is 1. The highest BCUT2D eigenvalue weighted by atomic mass is 17.1. The van der Waals surface area contributed by atoms with Crippen LogP contribution in [-0.2, 0) is 19.3 Å². The molecule has 0 radical (unpaired) electrons. The number of piperidine rings is 1. The van der Waals surface area contributed by atoms with E-state index in [0.717, 1.165) is 0 Å². The van der Waals surface area contributed by atoms with Gasteiger partial charge in [-0.25, -0.2) is 9.68 Å². The fourth-order valence-electron chi connectivity index (χ4n) is 3.23. The molecule has 0 aromatic carbocycles. The Morgan fingerprint density at radius 1 is 0.875 bits per heavy atom. The number of carboxylic acids is 1. The zero-order chi connectivity index (χ0) is 17.9. The smallest absolute Gasteiger partial charge is 0.306 e. The number of likely N-dealkylation sites (tertiary alicyclic amines) is 1. The summed E-state index contributed by atoms with van der Waals surface area (Å²) in [6.45, 7) is 0.642. The molecule has 1 saturated carbocycles. The van der Waals surface area contributed by atoms with Gasteiger partial charge in [0.15, 0.2) is 0 Å². The van der Waals surface area contributed by atoms with Crippen LogP contribution in [0.5, 0.6) is 0 Å². The van der Waals surface area contributed by atoms with Crippen molar-refractivity contribution in [2.24, 2.45) is 11.8 Å². The summed E-state index contributed by atoms with van der Waals surface area (Å²) in [5.74, 6) is -2.15. The lowest BCUT2D eigenvalue weighted by Gasteiger charge is -2.32. The quantitative estimate of drug-likeness (QED) is 0.391. The summed E-state index contributed by atoms with van der Waals surface area (Å²) >= 11 is 0. The minimum absolute atomic E-state index is 0.0772. The molecule has 0 spiro atoms. The van der Waals surface area contributed by atoms with Crippen LogP contribution < -0.4 is 0 Å². The molecule has 1 aliphatic heterocycles. The lowest BCUT2D eigenvalue weighted by molar-refractivity contribution is -0.535. The van der Waals surface area contributed by atoms with Gasteiger partial charge in [-0.3, -0.25) is 30.4 Å². The maximum atomic E-state index is 12.5. The van der Waals surface area contributed by atoms with Gasteiger partial charge in [0.1, 0.15) is 12.2 Å². The number of amides is 1. The molecule has 2 fully saturated rings. The second kappa shape index (κ2) is 8.13. The number of aliphatic carboxylic acids is 1. The van der Waals surface area contributed by atoms with Crippen molar-refractivity contribution in [2.45, 2.75) is 37.9 Å². The van der Waals surface area contributed by atoms with E-state index in [1.54, 1.807) is 4.90 Å². The van der Waals surface area contributed by atoms with E-state index in [0.29, 0.717) is 25.9 Å². The lowest BCUT2D eigenvalue weighted by Crippen LogP contribution is -2.42. The Bertz CT molecular complexity index is 435. The van der Waals surface area contributed by atoms with Crippen molar-refractivity contribution in [3.8, 4) is 0 Å². The SMILES string of the molecule is O=C(O)C1CCN(C(=O)[C@@H]2C[C@H](ON(O)O)[C@H](ON(O)O)C2)CC1. The third kappa shape index (κ3) is 4.81. The Labute approximate surface area is 136 Å². The monoisotopic (exact) mass is 351 g/mol. The number of nitrogens with zero attached hydrogens (tertiary/aromatic N) is 3. The summed E-state index contributed by atoms with van der Waals surface area (Å²) in [5.41, 5.74) is 0. The van der Waals surface area contributed by atoms with Gasteiger partial charge in [-0.2, -0.15) is 0 Å². The molecule has 1 aliphatic carbocycles. The molecule has 12 heteroatoms. The van der Waals surface area contributed by atoms with Gasteiger partial charge in [-0.1, -0.05) is 0 Å². The molecule has 5 N–H and O–H groups in total. The fourth-order valence-corrected chi connectivity index (χ4v) is 3.23. The van der Waals surface area contributed by atoms with Crippen molar-refractivity contribution in [3.63, 3.8) is 0 Å². The highest BCUT2D eigenvalue weighted by Crippen LogP contribution is 2.33. The third-order valence-electron chi connectivity index (χ3n) is 4.41. The van der Waals surface area contributed by atoms with E-state index in [4.69, 9.17) is 25.9 Å². The summed E-state index contributed by atoms with van der Waals surface area (Å²) in [6.07, 6.45) is -1.06. The molecule has 0 bridgehead atoms. The van der Waals surface area contributed by atoms with Gasteiger partial charge in [0.05, 0.1) is 16.7 Å². The first-order valence-corrected chi connectivity index (χ1v) is 7.48. The molecule has 12 nitrogen and oxygen atoms in total. The normalized spacial score (nSPS) is 28.8. The largest absolute Gasteiger partial charge is 0.481 e. The van der Waals surface area contributed by atoms with E-state index in [-0.39, 0.29) is 18.7 Å². The maximum absolute atomic E-state index is 12.5. The van der Waals surface area contributed by atoms with Crippen molar-refractivity contribution in [3.05, 3.63) is 0 Å². The summed E-state index contributed by atoms with van der Waals surface area (Å²) in [7, 11) is 0. The average molecular weight is 351 g/mol. The molecular weight excluding hydrogens is 330 g/mol. The van der Waals surface area contributed by atoms with E-state index < -0.39 is 40.8 Å². The Morgan fingerprint density at radius 3 is 1.71 bits per heavy atom. The second-order valence-electron chi connectivity index (χ2n) is 5.90. The van der Waals surface area contributed by atoms with E-state index in [1.807, 2.05) is 0 Å². The molecule has 0 aromatic heterocycles. The molecule has 0 unspecified atom stereocenters. The first kappa shape index (κ1) is 19.0. The minimum Gasteiger partial charge on any atom is -0.481 e. The number of hydrogen-bond donors (Lipinski definition) is 5. The van der Waals surface area contributed by atoms with Gasteiger partial charge in [0.25, 0.3) is 0 Å². The summed E-state index contributed by atoms with van der Waals surface area (Å²) in [5, 5.41) is 42.9. The van der Waals surface area contributed by atoms with Gasteiger partial charge in [0, 0.05) is 19.0 Å². The Morgan fingerprint density at radius 2 is 1.33 bits per heavy atom. The summed E-state index contributed by atoms with van der Waals surface area (Å²) < 4.78 is 0. The van der Waals surface area contributed by atoms with Crippen LogP contribution in [-0.4, -0.2) is 78.8 Å². The number of hydrogen-bond acceptors (Lipinski definition) is 10. The molecule has 2 aliphatic rings. The zero-order valence-electron chi connectivity index (χ0n) is 12.8. The minimum atomic E-state index is -0.979. The lowest BCUT2D eigenvalue weighted by atomic mass is 9.95. The summed E-state index contributed by atoms with van der Waals surface area (Å²) in [4.78, 5) is 34.3. The van der Waals surface area contributed by atoms with E-state index in [9.17, 15) is 9.59 Å². The Balaban J connectivity index is 1.93. The second-order valence-corrected chi connectivity index (χ2v) is 5.90. The molecular formula is C12H21N3O9. The number of carboxylic acid groups (broad SMARTS) is 1. The average Bonchev–Trinajstić information content (AvgIpc) is 2.88. The standard InChI is InChI=1S/C12H21N3O9/c16-11(13-3-1-7(2-4-13)12(17)18)8-5-9(23-14(19)20)10(6-8)24-15(21)22/h7-10,19-22H,1-6H2,(H,17,18)/t8-,9+,10-. The van der Waals surface area contributed by atoms with Crippen LogP contribution in [0.3, 0.4) is 0 Å². The highest BCUT2D eigenvalue weighted by Gasteiger charge is 2.44. The van der Waals surface area contributed by atoms with Gasteiger partial charge >= 0.3 is 5.97 Å². The Kier molecular flexibility index (Phi) is 6.42. The fraction of sp³-hybridized carbons (Fsp3) is 0.833. The molecule has 24 heavy (non-hydrogen) atoms. The van der Waals surface area contributed by atoms with E-state index in [1.165, 1.54) is 0 Å². The van der Waals surface area contributed by atoms with Crippen LogP contribution in [0.2, 0.25) is 0 Å². The van der Waals surface area contributed by atoms with Crippen molar-refractivity contribution in [1.82, 2.24) is 15.7 Å². The van der Waals surface area contributed by atoms with Gasteiger partial charge in [0.2, 0.25) is 5.91 Å². The number of rotatable bonds is 6. The van der Waals surface area contributed by atoms with Crippen LogP contribution in [0.25, 0.3) is 0 Å². The maximum Gasteiger partial charge on any atom is 0.306 e. The topological polar surface area (TPSA) is 163 Å². The van der Waals surface area contributed by atoms with Crippen LogP contribution in [0.15, 0.2) is 0 Å². The predicted molar refractivity (Wildman–Crippen MR) is 70.2 cm³/mol. The van der Waals surface area contributed by atoms with Crippen molar-refractivity contribution >= 4 is 11.9 Å². The zero-order valence-corrected chi connectivity index (χ0v) is 12.8. The van der Waals surface area contributed by atoms with Crippen molar-refractivity contribution in [1.29, 1.82) is 0 Å². The van der Waals surface area contributed by atoms with Crippen LogP contribution in [0.1, 0.15) is 25.7 Å². The molecule has 3 atom stereocenters. The Hall–Kier alpha value is -1.38. The first-order chi connectivity index (χ1) is 11.3. The first-order valence-electron chi connectivity index (χ1n) is 7.48. The van der Waals surface area contributed by atoms with Gasteiger partial charge in [-0.15, -0.1) is 0 Å². The third-order valence-corrected chi connectivity index (χ3v) is 4.41. The molecule has 2 rings (SSSR count). The van der Waals surface area contributed by atoms with E-state index in [2.05, 4.69) is 9.68 Å². The van der Waals surface area contributed by atoms with Gasteiger partial charge in [-0.05, 0) is 25.7 Å². The number of carbonyl (C=O) groups is 2. The molecule has 0 aromatic rings.